The second-order valence-electron chi connectivity index (χ2n) is 7.50. The molecule has 1 fully saturated rings. The van der Waals surface area contributed by atoms with Crippen LogP contribution >= 0.6 is 11.3 Å². The van der Waals surface area contributed by atoms with Gasteiger partial charge in [0.2, 0.25) is 5.91 Å². The Morgan fingerprint density at radius 1 is 1.31 bits per heavy atom. The summed E-state index contributed by atoms with van der Waals surface area (Å²) in [5, 5.41) is 5.26. The standard InChI is InChI=1S/C21H25N3O3S2/c1-5-7-24(17-6-8-29(26,27)13-17)11-20(25)23-21-22-19(12-28-21)18-10-15(3)14(2)9-16(18)4/h1,9-10,12,17H,6-8,11,13H2,2-4H3,(H,22,23,25). The van der Waals surface area contributed by atoms with Crippen LogP contribution in [-0.2, 0) is 14.6 Å². The number of terminal acetylenes is 1. The molecule has 29 heavy (non-hydrogen) atoms. The van der Waals surface area contributed by atoms with E-state index < -0.39 is 9.84 Å². The number of anilines is 1. The molecular formula is C21H25N3O3S2. The van der Waals surface area contributed by atoms with E-state index in [4.69, 9.17) is 6.42 Å². The van der Waals surface area contributed by atoms with Crippen LogP contribution in [0.15, 0.2) is 17.5 Å². The number of hydrogen-bond donors (Lipinski definition) is 1. The second-order valence-corrected chi connectivity index (χ2v) is 10.6. The molecule has 1 aliphatic heterocycles. The Kier molecular flexibility index (Phi) is 6.42. The lowest BCUT2D eigenvalue weighted by molar-refractivity contribution is -0.117. The topological polar surface area (TPSA) is 79.4 Å². The van der Waals surface area contributed by atoms with Crippen LogP contribution in [0.4, 0.5) is 5.13 Å². The summed E-state index contributed by atoms with van der Waals surface area (Å²) in [5.41, 5.74) is 5.44. The Bertz CT molecular complexity index is 1070. The molecule has 2 heterocycles. The van der Waals surface area contributed by atoms with Crippen molar-refractivity contribution < 1.29 is 13.2 Å². The molecule has 1 atom stereocenters. The highest BCUT2D eigenvalue weighted by atomic mass is 32.2. The maximum absolute atomic E-state index is 12.5. The predicted molar refractivity (Wildman–Crippen MR) is 118 cm³/mol. The lowest BCUT2D eigenvalue weighted by Crippen LogP contribution is -2.41. The number of rotatable bonds is 6. The smallest absolute Gasteiger partial charge is 0.240 e. The number of nitrogens with zero attached hydrogens (tertiary/aromatic N) is 2. The molecule has 0 spiro atoms. The zero-order chi connectivity index (χ0) is 21.2. The van der Waals surface area contributed by atoms with Gasteiger partial charge in [-0.3, -0.25) is 9.69 Å². The summed E-state index contributed by atoms with van der Waals surface area (Å²) < 4.78 is 23.5. The van der Waals surface area contributed by atoms with Crippen molar-refractivity contribution in [1.29, 1.82) is 0 Å². The van der Waals surface area contributed by atoms with Crippen molar-refractivity contribution in [3.8, 4) is 23.6 Å². The number of thiazole rings is 1. The maximum Gasteiger partial charge on any atom is 0.240 e. The minimum absolute atomic E-state index is 0.0436. The third-order valence-corrected chi connectivity index (χ3v) is 7.74. The summed E-state index contributed by atoms with van der Waals surface area (Å²) in [6.07, 6.45) is 5.92. The molecular weight excluding hydrogens is 406 g/mol. The monoisotopic (exact) mass is 431 g/mol. The van der Waals surface area contributed by atoms with Gasteiger partial charge in [0.1, 0.15) is 0 Å². The maximum atomic E-state index is 12.5. The van der Waals surface area contributed by atoms with Crippen LogP contribution in [0.1, 0.15) is 23.1 Å². The molecule has 1 saturated heterocycles. The summed E-state index contributed by atoms with van der Waals surface area (Å²) in [7, 11) is -3.04. The lowest BCUT2D eigenvalue weighted by atomic mass is 9.99. The van der Waals surface area contributed by atoms with Gasteiger partial charge in [-0.1, -0.05) is 12.0 Å². The van der Waals surface area contributed by atoms with E-state index in [2.05, 4.69) is 42.2 Å². The van der Waals surface area contributed by atoms with Gasteiger partial charge in [-0.2, -0.15) is 0 Å². The van der Waals surface area contributed by atoms with Gasteiger partial charge in [0, 0.05) is 17.0 Å². The van der Waals surface area contributed by atoms with E-state index in [1.165, 1.54) is 22.5 Å². The minimum atomic E-state index is -3.04. The summed E-state index contributed by atoms with van der Waals surface area (Å²) in [6.45, 7) is 6.47. The Hall–Kier alpha value is -2.21. The molecule has 1 aromatic heterocycles. The van der Waals surface area contributed by atoms with E-state index in [9.17, 15) is 13.2 Å². The van der Waals surface area contributed by atoms with Gasteiger partial charge in [0.05, 0.1) is 30.3 Å². The van der Waals surface area contributed by atoms with Gasteiger partial charge < -0.3 is 5.32 Å². The van der Waals surface area contributed by atoms with E-state index in [0.29, 0.717) is 11.6 Å². The highest BCUT2D eigenvalue weighted by Gasteiger charge is 2.32. The van der Waals surface area contributed by atoms with Crippen LogP contribution in [0.3, 0.4) is 0 Å². The van der Waals surface area contributed by atoms with Gasteiger partial charge in [-0.15, -0.1) is 17.8 Å². The van der Waals surface area contributed by atoms with Gasteiger partial charge in [0.25, 0.3) is 0 Å². The number of aromatic nitrogens is 1. The molecule has 154 valence electrons. The highest BCUT2D eigenvalue weighted by molar-refractivity contribution is 7.91. The van der Waals surface area contributed by atoms with Crippen LogP contribution in [0.25, 0.3) is 11.3 Å². The summed E-state index contributed by atoms with van der Waals surface area (Å²) >= 11 is 1.37. The number of amides is 1. The SMILES string of the molecule is C#CCN(CC(=O)Nc1nc(-c2cc(C)c(C)cc2C)cs1)C1CCS(=O)(=O)C1. The quantitative estimate of drug-likeness (QED) is 0.712. The number of hydrogen-bond acceptors (Lipinski definition) is 6. The van der Waals surface area contributed by atoms with Crippen LogP contribution in [0.5, 0.6) is 0 Å². The summed E-state index contributed by atoms with van der Waals surface area (Å²) in [6, 6.07) is 4.03. The summed E-state index contributed by atoms with van der Waals surface area (Å²) in [4.78, 5) is 18.8. The predicted octanol–water partition coefficient (Wildman–Crippen LogP) is 2.80. The Balaban J connectivity index is 1.68. The molecule has 0 bridgehead atoms. The van der Waals surface area contributed by atoms with Crippen molar-refractivity contribution in [2.24, 2.45) is 0 Å². The molecule has 8 heteroatoms. The van der Waals surface area contributed by atoms with E-state index in [1.807, 2.05) is 12.3 Å². The number of nitrogens with one attached hydrogen (secondary N) is 1. The third kappa shape index (κ3) is 5.24. The fourth-order valence-electron chi connectivity index (χ4n) is 3.53. The Labute approximate surface area is 176 Å². The van der Waals surface area contributed by atoms with Crippen molar-refractivity contribution >= 4 is 32.2 Å². The van der Waals surface area contributed by atoms with Crippen molar-refractivity contribution in [3.63, 3.8) is 0 Å². The number of carbonyl (C=O) groups excluding carboxylic acids is 1. The first-order valence-electron chi connectivity index (χ1n) is 9.40. The molecule has 1 N–H and O–H groups in total. The third-order valence-electron chi connectivity index (χ3n) is 5.23. The molecule has 1 amide bonds. The zero-order valence-electron chi connectivity index (χ0n) is 16.9. The van der Waals surface area contributed by atoms with E-state index in [0.717, 1.165) is 16.8 Å². The van der Waals surface area contributed by atoms with Crippen LogP contribution in [0.2, 0.25) is 0 Å². The normalized spacial score (nSPS) is 18.0. The lowest BCUT2D eigenvalue weighted by Gasteiger charge is -2.24. The molecule has 2 aromatic rings. The molecule has 1 aliphatic rings. The molecule has 1 unspecified atom stereocenters. The largest absolute Gasteiger partial charge is 0.301 e. The van der Waals surface area contributed by atoms with Crippen LogP contribution in [0, 0.1) is 33.1 Å². The first-order chi connectivity index (χ1) is 13.7. The molecule has 6 nitrogen and oxygen atoms in total. The zero-order valence-corrected chi connectivity index (χ0v) is 18.5. The number of aryl methyl sites for hydroxylation is 3. The van der Waals surface area contributed by atoms with Crippen LogP contribution < -0.4 is 5.32 Å². The average Bonchev–Trinajstić information content (AvgIpc) is 3.24. The van der Waals surface area contributed by atoms with E-state index in [1.54, 1.807) is 4.90 Å². The van der Waals surface area contributed by atoms with Gasteiger partial charge in [-0.05, 0) is 49.9 Å². The van der Waals surface area contributed by atoms with Gasteiger partial charge in [-0.25, -0.2) is 13.4 Å². The highest BCUT2D eigenvalue weighted by Crippen LogP contribution is 2.29. The molecule has 1 aromatic carbocycles. The van der Waals surface area contributed by atoms with Crippen molar-refractivity contribution in [2.75, 3.05) is 29.9 Å². The van der Waals surface area contributed by atoms with E-state index >= 15 is 0 Å². The second kappa shape index (κ2) is 8.66. The van der Waals surface area contributed by atoms with Crippen molar-refractivity contribution in [1.82, 2.24) is 9.88 Å². The minimum Gasteiger partial charge on any atom is -0.301 e. The Morgan fingerprint density at radius 2 is 2.03 bits per heavy atom. The van der Waals surface area contributed by atoms with Crippen molar-refractivity contribution in [2.45, 2.75) is 33.2 Å². The first kappa shape index (κ1) is 21.5. The fraction of sp³-hybridized carbons (Fsp3) is 0.429. The molecule has 0 radical (unpaired) electrons. The average molecular weight is 432 g/mol. The number of benzene rings is 1. The Morgan fingerprint density at radius 3 is 2.69 bits per heavy atom. The molecule has 3 rings (SSSR count). The molecule has 0 saturated carbocycles. The fourth-order valence-corrected chi connectivity index (χ4v) is 6.02. The number of carbonyl (C=O) groups is 1. The van der Waals surface area contributed by atoms with Crippen LogP contribution in [-0.4, -0.2) is 54.8 Å². The summed E-state index contributed by atoms with van der Waals surface area (Å²) in [5.74, 6) is 2.47. The first-order valence-corrected chi connectivity index (χ1v) is 12.1. The van der Waals surface area contributed by atoms with Gasteiger partial charge >= 0.3 is 0 Å². The van der Waals surface area contributed by atoms with E-state index in [-0.39, 0.29) is 36.5 Å². The molecule has 0 aliphatic carbocycles. The van der Waals surface area contributed by atoms with Crippen molar-refractivity contribution in [3.05, 3.63) is 34.2 Å². The van der Waals surface area contributed by atoms with Gasteiger partial charge in [0.15, 0.2) is 15.0 Å². The number of sulfone groups is 1.